The highest BCUT2D eigenvalue weighted by Gasteiger charge is 2.31. The molecule has 0 saturated carbocycles. The molecule has 25 heavy (non-hydrogen) atoms. The Hall–Kier alpha value is -2.38. The van der Waals surface area contributed by atoms with Crippen molar-refractivity contribution in [2.75, 3.05) is 12.3 Å². The van der Waals surface area contributed by atoms with E-state index in [-0.39, 0.29) is 24.0 Å². The van der Waals surface area contributed by atoms with Crippen LogP contribution in [0.1, 0.15) is 12.0 Å². The number of rotatable bonds is 4. The maximum atomic E-state index is 12.2. The highest BCUT2D eigenvalue weighted by Crippen LogP contribution is 2.30. The van der Waals surface area contributed by atoms with E-state index in [2.05, 4.69) is 0 Å². The summed E-state index contributed by atoms with van der Waals surface area (Å²) in [5.41, 5.74) is 2.63. The van der Waals surface area contributed by atoms with Crippen molar-refractivity contribution in [3.8, 4) is 0 Å². The summed E-state index contributed by atoms with van der Waals surface area (Å²) in [5, 5.41) is 7.15. The van der Waals surface area contributed by atoms with Crippen molar-refractivity contribution in [3.63, 3.8) is 0 Å². The second-order valence-corrected chi connectivity index (χ2v) is 8.26. The molecule has 2 N–H and O–H groups in total. The third-order valence-electron chi connectivity index (χ3n) is 4.58. The molecule has 0 spiro atoms. The Bertz CT molecular complexity index is 1070. The van der Waals surface area contributed by atoms with E-state index in [1.54, 1.807) is 4.90 Å². The molecule has 1 unspecified atom stereocenters. The highest BCUT2D eigenvalue weighted by atomic mass is 32.2. The lowest BCUT2D eigenvalue weighted by molar-refractivity contribution is -0.128. The third kappa shape index (κ3) is 3.25. The van der Waals surface area contributed by atoms with E-state index in [1.807, 2.05) is 42.5 Å². The molecule has 7 heteroatoms. The molecule has 1 aromatic heterocycles. The van der Waals surface area contributed by atoms with E-state index in [1.165, 1.54) is 0 Å². The van der Waals surface area contributed by atoms with Crippen LogP contribution in [0.5, 0.6) is 0 Å². The Labute approximate surface area is 145 Å². The van der Waals surface area contributed by atoms with Crippen LogP contribution in [0.25, 0.3) is 21.9 Å². The summed E-state index contributed by atoms with van der Waals surface area (Å²) in [4.78, 5) is 13.9. The van der Waals surface area contributed by atoms with Gasteiger partial charge < -0.3 is 9.32 Å². The van der Waals surface area contributed by atoms with Crippen molar-refractivity contribution in [2.24, 2.45) is 11.1 Å². The predicted molar refractivity (Wildman–Crippen MR) is 95.2 cm³/mol. The monoisotopic (exact) mass is 358 g/mol. The number of fused-ring (bicyclic) bond motifs is 3. The number of hydrogen-bond acceptors (Lipinski definition) is 4. The Balaban J connectivity index is 1.58. The molecule has 4 rings (SSSR count). The Morgan fingerprint density at radius 2 is 1.88 bits per heavy atom. The normalized spacial score (nSPS) is 18.5. The van der Waals surface area contributed by atoms with Crippen molar-refractivity contribution in [1.82, 2.24) is 4.90 Å². The topological polar surface area (TPSA) is 93.6 Å². The predicted octanol–water partition coefficient (Wildman–Crippen LogP) is 2.22. The standard InChI is InChI=1S/C18H18N2O4S/c19-25(22,23)11-13-8-18(21)20(10-13)9-12-5-6-17-15(7-12)14-3-1-2-4-16(14)24-17/h1-7,13H,8-11H2,(H2,19,22,23). The van der Waals surface area contributed by atoms with Crippen molar-refractivity contribution in [2.45, 2.75) is 13.0 Å². The van der Waals surface area contributed by atoms with Crippen LogP contribution in [-0.4, -0.2) is 31.5 Å². The summed E-state index contributed by atoms with van der Waals surface area (Å²) < 4.78 is 28.3. The zero-order valence-corrected chi connectivity index (χ0v) is 14.3. The van der Waals surface area contributed by atoms with Gasteiger partial charge in [0.15, 0.2) is 0 Å². The average molecular weight is 358 g/mol. The van der Waals surface area contributed by atoms with Crippen LogP contribution in [0.3, 0.4) is 0 Å². The summed E-state index contributed by atoms with van der Waals surface area (Å²) in [5.74, 6) is -0.424. The molecule has 3 aromatic rings. The lowest BCUT2D eigenvalue weighted by atomic mass is 10.1. The largest absolute Gasteiger partial charge is 0.456 e. The number of hydrogen-bond donors (Lipinski definition) is 1. The number of furan rings is 1. The van der Waals surface area contributed by atoms with Gasteiger partial charge in [0.2, 0.25) is 15.9 Å². The van der Waals surface area contributed by atoms with Gasteiger partial charge in [-0.15, -0.1) is 0 Å². The van der Waals surface area contributed by atoms with Crippen LogP contribution >= 0.6 is 0 Å². The SMILES string of the molecule is NS(=O)(=O)CC1CC(=O)N(Cc2ccc3oc4ccccc4c3c2)C1. The number of nitrogens with two attached hydrogens (primary N) is 1. The third-order valence-corrected chi connectivity index (χ3v) is 5.51. The zero-order chi connectivity index (χ0) is 17.6. The number of likely N-dealkylation sites (tertiary alicyclic amines) is 1. The fourth-order valence-electron chi connectivity index (χ4n) is 3.54. The molecule has 130 valence electrons. The molecule has 6 nitrogen and oxygen atoms in total. The number of para-hydroxylation sites is 1. The van der Waals surface area contributed by atoms with Gasteiger partial charge in [-0.1, -0.05) is 24.3 Å². The first-order valence-electron chi connectivity index (χ1n) is 8.07. The number of carbonyl (C=O) groups is 1. The van der Waals surface area contributed by atoms with E-state index < -0.39 is 10.0 Å². The first kappa shape index (κ1) is 16.1. The van der Waals surface area contributed by atoms with Gasteiger partial charge in [-0.3, -0.25) is 4.79 Å². The van der Waals surface area contributed by atoms with Gasteiger partial charge in [0.25, 0.3) is 0 Å². The smallest absolute Gasteiger partial charge is 0.223 e. The number of nitrogens with zero attached hydrogens (tertiary/aromatic N) is 1. The molecule has 1 fully saturated rings. The first-order chi connectivity index (χ1) is 11.9. The Morgan fingerprint density at radius 3 is 2.68 bits per heavy atom. The minimum absolute atomic E-state index is 0.0363. The summed E-state index contributed by atoms with van der Waals surface area (Å²) in [7, 11) is -3.56. The van der Waals surface area contributed by atoms with E-state index in [0.717, 1.165) is 27.5 Å². The summed E-state index contributed by atoms with van der Waals surface area (Å²) in [6.07, 6.45) is 0.229. The maximum absolute atomic E-state index is 12.2. The first-order valence-corrected chi connectivity index (χ1v) is 9.79. The summed E-state index contributed by atoms with van der Waals surface area (Å²) in [6.45, 7) is 0.870. The number of benzene rings is 2. The number of carbonyl (C=O) groups excluding carboxylic acids is 1. The molecule has 1 amide bonds. The fraction of sp³-hybridized carbons (Fsp3) is 0.278. The molecule has 1 aliphatic heterocycles. The molecule has 1 atom stereocenters. The van der Waals surface area contributed by atoms with E-state index in [9.17, 15) is 13.2 Å². The van der Waals surface area contributed by atoms with Gasteiger partial charge in [-0.05, 0) is 23.8 Å². The molecule has 2 aromatic carbocycles. The highest BCUT2D eigenvalue weighted by molar-refractivity contribution is 7.89. The molecule has 0 bridgehead atoms. The minimum atomic E-state index is -3.56. The number of primary sulfonamides is 1. The summed E-state index contributed by atoms with van der Waals surface area (Å²) >= 11 is 0. The molecule has 0 aliphatic carbocycles. The van der Waals surface area contributed by atoms with Gasteiger partial charge >= 0.3 is 0 Å². The van der Waals surface area contributed by atoms with Crippen LogP contribution < -0.4 is 5.14 Å². The molecule has 0 radical (unpaired) electrons. The Morgan fingerprint density at radius 1 is 1.12 bits per heavy atom. The lowest BCUT2D eigenvalue weighted by Gasteiger charge is -2.16. The van der Waals surface area contributed by atoms with Gasteiger partial charge in [0, 0.05) is 36.2 Å². The van der Waals surface area contributed by atoms with Gasteiger partial charge in [-0.2, -0.15) is 0 Å². The van der Waals surface area contributed by atoms with Gasteiger partial charge in [-0.25, -0.2) is 13.6 Å². The molecular weight excluding hydrogens is 340 g/mol. The Kier molecular flexibility index (Phi) is 3.77. The van der Waals surface area contributed by atoms with Crippen LogP contribution in [0, 0.1) is 5.92 Å². The zero-order valence-electron chi connectivity index (χ0n) is 13.5. The summed E-state index contributed by atoms with van der Waals surface area (Å²) in [6, 6.07) is 13.7. The van der Waals surface area contributed by atoms with Gasteiger partial charge in [0.1, 0.15) is 11.2 Å². The van der Waals surface area contributed by atoms with Crippen LogP contribution in [0.15, 0.2) is 46.9 Å². The second-order valence-electron chi connectivity index (χ2n) is 6.60. The molecule has 1 aliphatic rings. The quantitative estimate of drug-likeness (QED) is 0.774. The molecule has 2 heterocycles. The number of amides is 1. The molecule has 1 saturated heterocycles. The van der Waals surface area contributed by atoms with E-state index in [0.29, 0.717) is 13.1 Å². The van der Waals surface area contributed by atoms with Crippen LogP contribution in [0.4, 0.5) is 0 Å². The van der Waals surface area contributed by atoms with Gasteiger partial charge in [0.05, 0.1) is 5.75 Å². The van der Waals surface area contributed by atoms with Crippen LogP contribution in [-0.2, 0) is 21.4 Å². The van der Waals surface area contributed by atoms with Crippen LogP contribution in [0.2, 0.25) is 0 Å². The van der Waals surface area contributed by atoms with Crippen molar-refractivity contribution in [3.05, 3.63) is 48.0 Å². The second kappa shape index (κ2) is 5.86. The maximum Gasteiger partial charge on any atom is 0.223 e. The molecular formula is C18H18N2O4S. The average Bonchev–Trinajstić information content (AvgIpc) is 3.06. The fourth-order valence-corrected chi connectivity index (χ4v) is 4.42. The van der Waals surface area contributed by atoms with Crippen molar-refractivity contribution >= 4 is 37.9 Å². The van der Waals surface area contributed by atoms with E-state index in [4.69, 9.17) is 9.56 Å². The van der Waals surface area contributed by atoms with E-state index >= 15 is 0 Å². The minimum Gasteiger partial charge on any atom is -0.456 e. The van der Waals surface area contributed by atoms with Crippen molar-refractivity contribution < 1.29 is 17.6 Å². The van der Waals surface area contributed by atoms with Crippen molar-refractivity contribution in [1.29, 1.82) is 0 Å². The number of sulfonamides is 1. The lowest BCUT2D eigenvalue weighted by Crippen LogP contribution is -2.27.